The van der Waals surface area contributed by atoms with Gasteiger partial charge < -0.3 is 0 Å². The Morgan fingerprint density at radius 2 is 1.24 bits per heavy atom. The predicted molar refractivity (Wildman–Crippen MR) is 133 cm³/mol. The summed E-state index contributed by atoms with van der Waals surface area (Å²) in [6.45, 7) is 0.278. The number of hydrogen-bond acceptors (Lipinski definition) is 4. The molecule has 3 aromatic carbocycles. The Hall–Kier alpha value is -2.80. The van der Waals surface area contributed by atoms with E-state index in [0.29, 0.717) is 6.42 Å². The Kier molecular flexibility index (Phi) is 8.94. The van der Waals surface area contributed by atoms with E-state index in [2.05, 4.69) is 32.3 Å². The molecule has 0 saturated carbocycles. The van der Waals surface area contributed by atoms with E-state index in [4.69, 9.17) is 9.47 Å². The summed E-state index contributed by atoms with van der Waals surface area (Å²) >= 11 is -2.16. The van der Waals surface area contributed by atoms with Gasteiger partial charge in [-0.2, -0.15) is 0 Å². The summed E-state index contributed by atoms with van der Waals surface area (Å²) in [6, 6.07) is 26.4. The Labute approximate surface area is 200 Å². The van der Waals surface area contributed by atoms with Gasteiger partial charge in [-0.3, -0.25) is 0 Å². The van der Waals surface area contributed by atoms with Gasteiger partial charge in [-0.1, -0.05) is 24.3 Å². The number of carbonyl (C=O) groups excluding carboxylic acids is 2. The molecule has 0 aliphatic rings. The second kappa shape index (κ2) is 11.9. The van der Waals surface area contributed by atoms with Crippen LogP contribution in [0.5, 0.6) is 0 Å². The SMILES string of the molecule is [CH3][Sn]([CH3])([CH3])[c]1ccc(C[C@H](NC(=O)OCc2ccccc2)C(=O)OCc2ccccc2)cc1. The molecule has 0 spiro atoms. The van der Waals surface area contributed by atoms with Crippen LogP contribution >= 0.6 is 0 Å². The van der Waals surface area contributed by atoms with Crippen molar-refractivity contribution in [3.63, 3.8) is 0 Å². The molecule has 33 heavy (non-hydrogen) atoms. The van der Waals surface area contributed by atoms with Crippen molar-refractivity contribution < 1.29 is 19.1 Å². The molecular weight excluding hydrogens is 521 g/mol. The topological polar surface area (TPSA) is 64.6 Å². The second-order valence-corrected chi connectivity index (χ2v) is 23.5. The summed E-state index contributed by atoms with van der Waals surface area (Å²) in [5.74, 6) is -0.491. The van der Waals surface area contributed by atoms with Gasteiger partial charge >= 0.3 is 176 Å². The van der Waals surface area contributed by atoms with Crippen molar-refractivity contribution in [2.24, 2.45) is 0 Å². The zero-order valence-corrected chi connectivity index (χ0v) is 22.3. The number of carbonyl (C=O) groups is 2. The molecule has 0 unspecified atom stereocenters. The Balaban J connectivity index is 1.66. The maximum atomic E-state index is 12.9. The molecular formula is C27H31NO4Sn. The summed E-state index contributed by atoms with van der Waals surface area (Å²) in [4.78, 5) is 32.4. The third-order valence-corrected chi connectivity index (χ3v) is 11.2. The molecule has 6 heteroatoms. The molecule has 0 saturated heterocycles. The van der Waals surface area contributed by atoms with E-state index in [1.807, 2.05) is 72.8 Å². The van der Waals surface area contributed by atoms with Crippen LogP contribution in [0.25, 0.3) is 0 Å². The first kappa shape index (κ1) is 24.8. The van der Waals surface area contributed by atoms with Gasteiger partial charge in [0.25, 0.3) is 0 Å². The maximum absolute atomic E-state index is 12.9. The van der Waals surface area contributed by atoms with Gasteiger partial charge in [0.1, 0.15) is 0 Å². The van der Waals surface area contributed by atoms with Crippen molar-refractivity contribution in [1.82, 2.24) is 5.32 Å². The molecule has 3 rings (SSSR count). The van der Waals surface area contributed by atoms with Crippen LogP contribution in [-0.4, -0.2) is 36.5 Å². The minimum absolute atomic E-state index is 0.131. The number of esters is 1. The van der Waals surface area contributed by atoms with E-state index in [1.54, 1.807) is 0 Å². The van der Waals surface area contributed by atoms with Gasteiger partial charge in [0, 0.05) is 0 Å². The fourth-order valence-corrected chi connectivity index (χ4v) is 6.64. The van der Waals surface area contributed by atoms with Crippen molar-refractivity contribution in [3.05, 3.63) is 102 Å². The van der Waals surface area contributed by atoms with E-state index in [1.165, 1.54) is 3.58 Å². The molecule has 3 aromatic rings. The van der Waals surface area contributed by atoms with Crippen LogP contribution in [0.15, 0.2) is 84.9 Å². The molecule has 0 fully saturated rings. The Morgan fingerprint density at radius 3 is 1.76 bits per heavy atom. The molecule has 1 N–H and O–H groups in total. The Morgan fingerprint density at radius 1 is 0.727 bits per heavy atom. The fourth-order valence-electron chi connectivity index (χ4n) is 3.31. The molecule has 1 atom stereocenters. The molecule has 0 radical (unpaired) electrons. The van der Waals surface area contributed by atoms with Crippen LogP contribution in [0.4, 0.5) is 4.79 Å². The number of alkyl carbamates (subject to hydrolysis) is 1. The van der Waals surface area contributed by atoms with Crippen molar-refractivity contribution in [3.8, 4) is 0 Å². The first-order chi connectivity index (χ1) is 15.8. The summed E-state index contributed by atoms with van der Waals surface area (Å²) < 4.78 is 12.2. The zero-order chi connectivity index (χ0) is 23.7. The van der Waals surface area contributed by atoms with E-state index in [0.717, 1.165) is 16.7 Å². The quantitative estimate of drug-likeness (QED) is 0.306. The molecule has 5 nitrogen and oxygen atoms in total. The first-order valence-corrected chi connectivity index (χ1v) is 21.1. The molecule has 0 bridgehead atoms. The summed E-state index contributed by atoms with van der Waals surface area (Å²) in [5.41, 5.74) is 2.72. The van der Waals surface area contributed by atoms with E-state index in [9.17, 15) is 9.59 Å². The first-order valence-electron chi connectivity index (χ1n) is 11.1. The van der Waals surface area contributed by atoms with Crippen LogP contribution in [0.2, 0.25) is 14.8 Å². The Bertz CT molecular complexity index is 1030. The van der Waals surface area contributed by atoms with Gasteiger partial charge in [0.15, 0.2) is 0 Å². The standard InChI is InChI=1S/C24H22NO4.3CH3.Sn/c26-23(28-17-20-12-6-2-7-13-20)22(16-19-10-4-1-5-11-19)25-24(27)29-18-21-14-8-3-9-15-21;;;;/h2-15,22H,16-18H2,(H,25,27);3*1H3;/t22-;;;;/m0..../s1. The minimum atomic E-state index is -2.16. The van der Waals surface area contributed by atoms with Gasteiger partial charge in [-0.25, -0.2) is 0 Å². The zero-order valence-electron chi connectivity index (χ0n) is 19.4. The molecule has 1 amide bonds. The number of nitrogens with one attached hydrogen (secondary N) is 1. The van der Waals surface area contributed by atoms with Crippen LogP contribution in [0, 0.1) is 0 Å². The van der Waals surface area contributed by atoms with E-state index in [-0.39, 0.29) is 13.2 Å². The van der Waals surface area contributed by atoms with Crippen LogP contribution in [0.3, 0.4) is 0 Å². The second-order valence-electron chi connectivity index (χ2n) is 9.00. The average Bonchev–Trinajstić information content (AvgIpc) is 2.82. The number of ether oxygens (including phenoxy) is 2. The van der Waals surface area contributed by atoms with Crippen LogP contribution in [0.1, 0.15) is 16.7 Å². The third kappa shape index (κ3) is 8.24. The van der Waals surface area contributed by atoms with Crippen molar-refractivity contribution in [2.75, 3.05) is 0 Å². The molecule has 0 aliphatic carbocycles. The van der Waals surface area contributed by atoms with Crippen molar-refractivity contribution >= 4 is 34.0 Å². The fraction of sp³-hybridized carbons (Fsp3) is 0.259. The average molecular weight is 552 g/mol. The molecule has 172 valence electrons. The van der Waals surface area contributed by atoms with Crippen molar-refractivity contribution in [1.29, 1.82) is 0 Å². The predicted octanol–water partition coefficient (Wildman–Crippen LogP) is 4.81. The number of hydrogen-bond donors (Lipinski definition) is 1. The van der Waals surface area contributed by atoms with E-state index >= 15 is 0 Å². The summed E-state index contributed by atoms with van der Waals surface area (Å²) in [6.07, 6.45) is -0.323. The monoisotopic (exact) mass is 553 g/mol. The number of benzene rings is 3. The van der Waals surface area contributed by atoms with Gasteiger partial charge in [0.2, 0.25) is 0 Å². The van der Waals surface area contributed by atoms with E-state index < -0.39 is 36.5 Å². The summed E-state index contributed by atoms with van der Waals surface area (Å²) in [5, 5.41) is 2.69. The van der Waals surface area contributed by atoms with Crippen LogP contribution in [-0.2, 0) is 33.9 Å². The third-order valence-electron chi connectivity index (χ3n) is 5.27. The van der Waals surface area contributed by atoms with Crippen molar-refractivity contribution in [2.45, 2.75) is 40.5 Å². The molecule has 0 aromatic heterocycles. The number of amides is 1. The number of rotatable bonds is 9. The molecule has 0 heterocycles. The van der Waals surface area contributed by atoms with Gasteiger partial charge in [0.05, 0.1) is 0 Å². The normalized spacial score (nSPS) is 12.0. The molecule has 0 aliphatic heterocycles. The van der Waals surface area contributed by atoms with Crippen LogP contribution < -0.4 is 8.90 Å². The van der Waals surface area contributed by atoms with Gasteiger partial charge in [-0.15, -0.1) is 0 Å². The summed E-state index contributed by atoms with van der Waals surface area (Å²) in [7, 11) is 0. The van der Waals surface area contributed by atoms with Gasteiger partial charge in [-0.05, 0) is 0 Å².